The molecule has 0 radical (unpaired) electrons. The Morgan fingerprint density at radius 1 is 1.38 bits per heavy atom. The van der Waals surface area contributed by atoms with Gasteiger partial charge in [0.15, 0.2) is 0 Å². The topological polar surface area (TPSA) is 108 Å². The molecule has 6 nitrogen and oxygen atoms in total. The van der Waals surface area contributed by atoms with Gasteiger partial charge in [-0.25, -0.2) is 4.72 Å². The van der Waals surface area contributed by atoms with E-state index in [1.807, 2.05) is 0 Å². The highest BCUT2D eigenvalue weighted by molar-refractivity contribution is 7.87. The van der Waals surface area contributed by atoms with Crippen molar-refractivity contribution in [2.45, 2.75) is 6.54 Å². The van der Waals surface area contributed by atoms with Crippen molar-refractivity contribution in [3.8, 4) is 0 Å². The number of nitrogens with two attached hydrogens (primary N) is 1. The van der Waals surface area contributed by atoms with Gasteiger partial charge in [0.05, 0.1) is 0 Å². The largest absolute Gasteiger partial charge is 0.384 e. The molecule has 0 saturated carbocycles. The van der Waals surface area contributed by atoms with Crippen LogP contribution in [0.1, 0.15) is 11.1 Å². The highest BCUT2D eigenvalue weighted by Gasteiger charge is 2.05. The highest BCUT2D eigenvalue weighted by atomic mass is 32.2. The molecule has 0 atom stereocenters. The van der Waals surface area contributed by atoms with E-state index in [9.17, 15) is 8.42 Å². The third-order valence-corrected chi connectivity index (χ3v) is 3.06. The Morgan fingerprint density at radius 2 is 1.94 bits per heavy atom. The van der Waals surface area contributed by atoms with Gasteiger partial charge in [-0.05, 0) is 5.56 Å². The number of benzene rings is 1. The minimum absolute atomic E-state index is 0.0117. The molecule has 88 valence electrons. The highest BCUT2D eigenvalue weighted by Crippen LogP contribution is 2.03. The zero-order valence-corrected chi connectivity index (χ0v) is 9.64. The summed E-state index contributed by atoms with van der Waals surface area (Å²) >= 11 is 0. The van der Waals surface area contributed by atoms with Crippen LogP contribution in [-0.4, -0.2) is 21.3 Å². The quantitative estimate of drug-likeness (QED) is 0.414. The lowest BCUT2D eigenvalue weighted by atomic mass is 10.1. The molecule has 1 aromatic carbocycles. The van der Waals surface area contributed by atoms with Gasteiger partial charge in [-0.15, -0.1) is 0 Å². The molecule has 0 aliphatic rings. The second kappa shape index (κ2) is 5.06. The smallest absolute Gasteiger partial charge is 0.276 e. The fourth-order valence-electron chi connectivity index (χ4n) is 1.05. The van der Waals surface area contributed by atoms with Crippen LogP contribution >= 0.6 is 0 Å². The van der Waals surface area contributed by atoms with E-state index in [1.54, 1.807) is 24.3 Å². The van der Waals surface area contributed by atoms with E-state index in [-0.39, 0.29) is 12.4 Å². The molecule has 0 amide bonds. The fraction of sp³-hybridized carbons (Fsp3) is 0.222. The Labute approximate surface area is 94.5 Å². The van der Waals surface area contributed by atoms with Crippen LogP contribution in [0.3, 0.4) is 0 Å². The fourth-order valence-corrected chi connectivity index (χ4v) is 1.55. The average molecular weight is 242 g/mol. The van der Waals surface area contributed by atoms with Gasteiger partial charge in [0, 0.05) is 19.2 Å². The first-order valence-corrected chi connectivity index (χ1v) is 6.04. The molecule has 1 aromatic rings. The number of hydrogen-bond donors (Lipinski definition) is 4. The van der Waals surface area contributed by atoms with Crippen LogP contribution in [0.4, 0.5) is 0 Å². The van der Waals surface area contributed by atoms with E-state index in [4.69, 9.17) is 11.1 Å². The summed E-state index contributed by atoms with van der Waals surface area (Å²) in [6, 6.07) is 6.78. The molecule has 1 rings (SSSR count). The maximum absolute atomic E-state index is 11.1. The number of amidine groups is 1. The summed E-state index contributed by atoms with van der Waals surface area (Å²) in [6.45, 7) is 0.196. The molecule has 0 aliphatic carbocycles. The van der Waals surface area contributed by atoms with Crippen LogP contribution in [0.15, 0.2) is 24.3 Å². The molecule has 7 heteroatoms. The van der Waals surface area contributed by atoms with Crippen LogP contribution in [0.2, 0.25) is 0 Å². The molecule has 0 bridgehead atoms. The van der Waals surface area contributed by atoms with E-state index >= 15 is 0 Å². The SMILES string of the molecule is CNS(=O)(=O)NCc1ccc(C(=N)N)cc1. The maximum atomic E-state index is 11.1. The number of nitrogen functional groups attached to an aromatic ring is 1. The standard InChI is InChI=1S/C9H14N4O2S/c1-12-16(14,15)13-6-7-2-4-8(5-3-7)9(10)11/h2-5,12-13H,6H2,1H3,(H3,10,11). The summed E-state index contributed by atoms with van der Waals surface area (Å²) in [4.78, 5) is 0. The number of rotatable bonds is 5. The van der Waals surface area contributed by atoms with Crippen LogP contribution in [0, 0.1) is 5.41 Å². The molecule has 0 saturated heterocycles. The predicted octanol–water partition coefficient (Wildman–Crippen LogP) is -0.476. The molecule has 0 fully saturated rings. The van der Waals surface area contributed by atoms with Crippen molar-refractivity contribution in [1.29, 1.82) is 5.41 Å². The molecule has 0 heterocycles. The average Bonchev–Trinajstić information content (AvgIpc) is 2.27. The Bertz CT molecular complexity index is 467. The van der Waals surface area contributed by atoms with E-state index in [0.29, 0.717) is 5.56 Å². The molecule has 0 unspecified atom stereocenters. The van der Waals surface area contributed by atoms with E-state index in [2.05, 4.69) is 9.44 Å². The van der Waals surface area contributed by atoms with Gasteiger partial charge < -0.3 is 5.73 Å². The van der Waals surface area contributed by atoms with E-state index in [1.165, 1.54) is 7.05 Å². The monoisotopic (exact) mass is 242 g/mol. The zero-order valence-electron chi connectivity index (χ0n) is 8.82. The van der Waals surface area contributed by atoms with E-state index in [0.717, 1.165) is 5.56 Å². The Morgan fingerprint density at radius 3 is 2.38 bits per heavy atom. The Kier molecular flexibility index (Phi) is 3.99. The van der Waals surface area contributed by atoms with Crippen LogP contribution in [-0.2, 0) is 16.8 Å². The summed E-state index contributed by atoms with van der Waals surface area (Å²) in [5.74, 6) is -0.0117. The van der Waals surface area contributed by atoms with Crippen molar-refractivity contribution < 1.29 is 8.42 Å². The van der Waals surface area contributed by atoms with Crippen molar-refractivity contribution in [3.05, 3.63) is 35.4 Å². The first-order chi connectivity index (χ1) is 7.44. The van der Waals surface area contributed by atoms with Crippen LogP contribution < -0.4 is 15.2 Å². The second-order valence-corrected chi connectivity index (χ2v) is 4.84. The first-order valence-electron chi connectivity index (χ1n) is 4.56. The van der Waals surface area contributed by atoms with Gasteiger partial charge >= 0.3 is 0 Å². The maximum Gasteiger partial charge on any atom is 0.276 e. The number of hydrogen-bond acceptors (Lipinski definition) is 3. The predicted molar refractivity (Wildman–Crippen MR) is 62.3 cm³/mol. The second-order valence-electron chi connectivity index (χ2n) is 3.14. The molecular weight excluding hydrogens is 228 g/mol. The molecule has 5 N–H and O–H groups in total. The molecule has 16 heavy (non-hydrogen) atoms. The van der Waals surface area contributed by atoms with Crippen molar-refractivity contribution in [2.75, 3.05) is 7.05 Å². The lowest BCUT2D eigenvalue weighted by Crippen LogP contribution is -2.33. The molecule has 0 aliphatic heterocycles. The summed E-state index contributed by atoms with van der Waals surface area (Å²) in [7, 11) is -2.08. The van der Waals surface area contributed by atoms with Gasteiger partial charge in [0.2, 0.25) is 0 Å². The molecule has 0 aromatic heterocycles. The lowest BCUT2D eigenvalue weighted by Gasteiger charge is -2.05. The Balaban J connectivity index is 2.66. The molecular formula is C9H14N4O2S. The van der Waals surface area contributed by atoms with Crippen molar-refractivity contribution in [1.82, 2.24) is 9.44 Å². The molecule has 0 spiro atoms. The summed E-state index contributed by atoms with van der Waals surface area (Å²) in [5.41, 5.74) is 6.70. The summed E-state index contributed by atoms with van der Waals surface area (Å²) in [5, 5.41) is 7.19. The van der Waals surface area contributed by atoms with Gasteiger partial charge in [0.1, 0.15) is 5.84 Å². The minimum Gasteiger partial charge on any atom is -0.384 e. The van der Waals surface area contributed by atoms with Crippen LogP contribution in [0.5, 0.6) is 0 Å². The summed E-state index contributed by atoms with van der Waals surface area (Å²) in [6.07, 6.45) is 0. The third-order valence-electron chi connectivity index (χ3n) is 2.00. The van der Waals surface area contributed by atoms with Crippen molar-refractivity contribution in [2.24, 2.45) is 5.73 Å². The normalized spacial score (nSPS) is 11.3. The van der Waals surface area contributed by atoms with Crippen molar-refractivity contribution in [3.63, 3.8) is 0 Å². The lowest BCUT2D eigenvalue weighted by molar-refractivity contribution is 0.573. The van der Waals surface area contributed by atoms with Crippen LogP contribution in [0.25, 0.3) is 0 Å². The summed E-state index contributed by atoms with van der Waals surface area (Å²) < 4.78 is 26.6. The Hall–Kier alpha value is -1.44. The number of nitrogens with one attached hydrogen (secondary N) is 3. The minimum atomic E-state index is -3.41. The van der Waals surface area contributed by atoms with E-state index < -0.39 is 10.2 Å². The van der Waals surface area contributed by atoms with Crippen molar-refractivity contribution >= 4 is 16.0 Å². The van der Waals surface area contributed by atoms with Gasteiger partial charge in [-0.2, -0.15) is 13.1 Å². The first kappa shape index (κ1) is 12.6. The van der Waals surface area contributed by atoms with Gasteiger partial charge in [-0.3, -0.25) is 5.41 Å². The zero-order chi connectivity index (χ0) is 12.2. The third kappa shape index (κ3) is 3.61. The van der Waals surface area contributed by atoms with Gasteiger partial charge in [-0.1, -0.05) is 24.3 Å². The van der Waals surface area contributed by atoms with Gasteiger partial charge in [0.25, 0.3) is 10.2 Å².